The van der Waals surface area contributed by atoms with Crippen molar-refractivity contribution in [1.29, 1.82) is 0 Å². The van der Waals surface area contributed by atoms with E-state index >= 15 is 0 Å². The van der Waals surface area contributed by atoms with E-state index in [4.69, 9.17) is 9.29 Å². The SMILES string of the molecule is CCOc1[c]ccc(S(=O)(=O)O)c1. The molecular weight excluding hydrogens is 192 g/mol. The predicted octanol–water partition coefficient (Wildman–Crippen LogP) is 1.13. The van der Waals surface area contributed by atoms with E-state index in [1.165, 1.54) is 18.2 Å². The van der Waals surface area contributed by atoms with Gasteiger partial charge >= 0.3 is 0 Å². The Morgan fingerprint density at radius 1 is 1.62 bits per heavy atom. The molecule has 71 valence electrons. The maximum atomic E-state index is 10.7. The molecule has 1 N–H and O–H groups in total. The molecule has 0 saturated carbocycles. The first kappa shape index (κ1) is 10.0. The van der Waals surface area contributed by atoms with Gasteiger partial charge in [0, 0.05) is 12.1 Å². The smallest absolute Gasteiger partial charge is 0.294 e. The Morgan fingerprint density at radius 3 is 2.85 bits per heavy atom. The van der Waals surface area contributed by atoms with Crippen LogP contribution >= 0.6 is 0 Å². The normalized spacial score (nSPS) is 11.2. The maximum Gasteiger partial charge on any atom is 0.294 e. The van der Waals surface area contributed by atoms with Crippen molar-refractivity contribution < 1.29 is 17.7 Å². The molecular formula is C8H9O4S. The molecule has 0 aliphatic rings. The first-order chi connectivity index (χ1) is 6.04. The molecule has 1 aromatic carbocycles. The van der Waals surface area contributed by atoms with Crippen molar-refractivity contribution in [2.45, 2.75) is 11.8 Å². The Hall–Kier alpha value is -1.07. The minimum atomic E-state index is -4.14. The molecule has 0 aliphatic carbocycles. The van der Waals surface area contributed by atoms with Crippen LogP contribution in [0.5, 0.6) is 5.75 Å². The number of hydrogen-bond donors (Lipinski definition) is 1. The summed E-state index contributed by atoms with van der Waals surface area (Å²) in [6.07, 6.45) is 0. The zero-order valence-corrected chi connectivity index (χ0v) is 7.84. The van der Waals surface area contributed by atoms with Crippen molar-refractivity contribution in [3.05, 3.63) is 24.3 Å². The molecule has 0 fully saturated rings. The van der Waals surface area contributed by atoms with Crippen LogP contribution in [0.25, 0.3) is 0 Å². The minimum Gasteiger partial charge on any atom is -0.493 e. The van der Waals surface area contributed by atoms with Gasteiger partial charge in [0.05, 0.1) is 11.5 Å². The van der Waals surface area contributed by atoms with Crippen LogP contribution in [0, 0.1) is 6.07 Å². The van der Waals surface area contributed by atoms with Gasteiger partial charge in [0.2, 0.25) is 0 Å². The Labute approximate surface area is 76.9 Å². The molecule has 0 atom stereocenters. The van der Waals surface area contributed by atoms with Gasteiger partial charge in [-0.05, 0) is 19.1 Å². The van der Waals surface area contributed by atoms with E-state index in [-0.39, 0.29) is 4.90 Å². The number of ether oxygens (including phenoxy) is 1. The second-order valence-electron chi connectivity index (χ2n) is 2.30. The summed E-state index contributed by atoms with van der Waals surface area (Å²) in [6.45, 7) is 2.19. The fourth-order valence-corrected chi connectivity index (χ4v) is 1.32. The fraction of sp³-hybridized carbons (Fsp3) is 0.250. The summed E-state index contributed by atoms with van der Waals surface area (Å²) in [5.74, 6) is 0.303. The summed E-state index contributed by atoms with van der Waals surface area (Å²) < 4.78 is 35.0. The highest BCUT2D eigenvalue weighted by Crippen LogP contribution is 2.16. The van der Waals surface area contributed by atoms with Gasteiger partial charge in [-0.3, -0.25) is 4.55 Å². The van der Waals surface area contributed by atoms with Crippen LogP contribution in [-0.4, -0.2) is 19.6 Å². The standard InChI is InChI=1S/C8H9O4S/c1-2-12-7-4-3-5-8(6-7)13(9,10)11/h3,5-6H,2H2,1H3,(H,9,10,11). The first-order valence-corrected chi connectivity index (χ1v) is 5.10. The van der Waals surface area contributed by atoms with Crippen LogP contribution in [0.4, 0.5) is 0 Å². The van der Waals surface area contributed by atoms with Crippen molar-refractivity contribution in [2.24, 2.45) is 0 Å². The van der Waals surface area contributed by atoms with Gasteiger partial charge in [-0.25, -0.2) is 0 Å². The molecule has 5 heteroatoms. The molecule has 1 radical (unpaired) electrons. The monoisotopic (exact) mass is 201 g/mol. The number of benzene rings is 1. The highest BCUT2D eigenvalue weighted by molar-refractivity contribution is 7.85. The summed E-state index contributed by atoms with van der Waals surface area (Å²) >= 11 is 0. The lowest BCUT2D eigenvalue weighted by atomic mass is 10.3. The first-order valence-electron chi connectivity index (χ1n) is 3.66. The third kappa shape index (κ3) is 2.71. The zero-order valence-electron chi connectivity index (χ0n) is 7.02. The molecule has 0 saturated heterocycles. The van der Waals surface area contributed by atoms with Crippen molar-refractivity contribution >= 4 is 10.1 Å². The second-order valence-corrected chi connectivity index (χ2v) is 3.72. The van der Waals surface area contributed by atoms with Gasteiger partial charge in [-0.2, -0.15) is 8.42 Å². The largest absolute Gasteiger partial charge is 0.493 e. The third-order valence-corrected chi connectivity index (χ3v) is 2.19. The van der Waals surface area contributed by atoms with Crippen LogP contribution in [0.2, 0.25) is 0 Å². The van der Waals surface area contributed by atoms with E-state index in [2.05, 4.69) is 6.07 Å². The Balaban J connectivity index is 3.06. The summed E-state index contributed by atoms with van der Waals surface area (Å²) in [5, 5.41) is 0. The average molecular weight is 201 g/mol. The molecule has 0 unspecified atom stereocenters. The van der Waals surface area contributed by atoms with Crippen LogP contribution in [0.1, 0.15) is 6.92 Å². The van der Waals surface area contributed by atoms with Crippen LogP contribution in [0.15, 0.2) is 23.1 Å². The van der Waals surface area contributed by atoms with Crippen LogP contribution in [-0.2, 0) is 10.1 Å². The quantitative estimate of drug-likeness (QED) is 0.744. The van der Waals surface area contributed by atoms with Gasteiger partial charge in [-0.1, -0.05) is 0 Å². The van der Waals surface area contributed by atoms with E-state index in [0.717, 1.165) is 0 Å². The van der Waals surface area contributed by atoms with Crippen molar-refractivity contribution in [1.82, 2.24) is 0 Å². The fourth-order valence-electron chi connectivity index (χ4n) is 0.824. The maximum absolute atomic E-state index is 10.7. The molecule has 4 nitrogen and oxygen atoms in total. The summed E-state index contributed by atoms with van der Waals surface area (Å²) in [7, 11) is -4.14. The molecule has 1 rings (SSSR count). The Kier molecular flexibility index (Phi) is 2.90. The summed E-state index contributed by atoms with van der Waals surface area (Å²) in [5.41, 5.74) is 0. The average Bonchev–Trinajstić information content (AvgIpc) is 2.04. The highest BCUT2D eigenvalue weighted by Gasteiger charge is 2.09. The zero-order chi connectivity index (χ0) is 9.90. The van der Waals surface area contributed by atoms with E-state index in [9.17, 15) is 8.42 Å². The highest BCUT2D eigenvalue weighted by atomic mass is 32.2. The molecule has 1 aromatic rings. The number of hydrogen-bond acceptors (Lipinski definition) is 3. The van der Waals surface area contributed by atoms with Gasteiger partial charge in [-0.15, -0.1) is 0 Å². The summed E-state index contributed by atoms with van der Waals surface area (Å²) in [6, 6.07) is 6.54. The molecule has 0 heterocycles. The third-order valence-electron chi connectivity index (χ3n) is 1.34. The summed E-state index contributed by atoms with van der Waals surface area (Å²) in [4.78, 5) is -0.185. The van der Waals surface area contributed by atoms with E-state index < -0.39 is 10.1 Å². The van der Waals surface area contributed by atoms with Crippen LogP contribution < -0.4 is 4.74 Å². The molecule has 0 amide bonds. The van der Waals surface area contributed by atoms with Crippen molar-refractivity contribution in [3.8, 4) is 5.75 Å². The van der Waals surface area contributed by atoms with Gasteiger partial charge in [0.1, 0.15) is 5.75 Å². The van der Waals surface area contributed by atoms with E-state index in [0.29, 0.717) is 12.4 Å². The number of rotatable bonds is 3. The molecule has 0 spiro atoms. The minimum absolute atomic E-state index is 0.185. The lowest BCUT2D eigenvalue weighted by Crippen LogP contribution is -1.99. The topological polar surface area (TPSA) is 63.6 Å². The lowest BCUT2D eigenvalue weighted by molar-refractivity contribution is 0.338. The Morgan fingerprint density at radius 2 is 2.31 bits per heavy atom. The van der Waals surface area contributed by atoms with Crippen molar-refractivity contribution in [2.75, 3.05) is 6.61 Å². The molecule has 0 bridgehead atoms. The van der Waals surface area contributed by atoms with E-state index in [1.54, 1.807) is 6.92 Å². The molecule has 0 aliphatic heterocycles. The second kappa shape index (κ2) is 3.76. The van der Waals surface area contributed by atoms with Gasteiger partial charge in [0.15, 0.2) is 0 Å². The van der Waals surface area contributed by atoms with Crippen LogP contribution in [0.3, 0.4) is 0 Å². The van der Waals surface area contributed by atoms with Gasteiger partial charge < -0.3 is 4.74 Å². The molecule has 0 aromatic heterocycles. The lowest BCUT2D eigenvalue weighted by Gasteiger charge is -2.02. The molecule has 13 heavy (non-hydrogen) atoms. The van der Waals surface area contributed by atoms with Gasteiger partial charge in [0.25, 0.3) is 10.1 Å². The Bertz CT molecular complexity index is 383. The van der Waals surface area contributed by atoms with Crippen molar-refractivity contribution in [3.63, 3.8) is 0 Å². The van der Waals surface area contributed by atoms with E-state index in [1.807, 2.05) is 0 Å². The predicted molar refractivity (Wildman–Crippen MR) is 46.3 cm³/mol.